The predicted molar refractivity (Wildman–Crippen MR) is 70.0 cm³/mol. The van der Waals surface area contributed by atoms with Crippen LogP contribution in [0, 0.1) is 0 Å². The van der Waals surface area contributed by atoms with E-state index in [0.29, 0.717) is 6.61 Å². The van der Waals surface area contributed by atoms with Crippen molar-refractivity contribution in [1.29, 1.82) is 0 Å². The number of rotatable bonds is 6. The van der Waals surface area contributed by atoms with Crippen LogP contribution >= 0.6 is 15.9 Å². The largest absolute Gasteiger partial charge is 0.461 e. The lowest BCUT2D eigenvalue weighted by molar-refractivity contribution is -0.142. The Morgan fingerprint density at radius 1 is 1.47 bits per heavy atom. The molecular weight excluding hydrogens is 284 g/mol. The summed E-state index contributed by atoms with van der Waals surface area (Å²) < 4.78 is 4.94. The molecule has 1 N–H and O–H groups in total. The topological polar surface area (TPSA) is 46.5 Å². The van der Waals surface area contributed by atoms with Crippen molar-refractivity contribution in [3.63, 3.8) is 0 Å². The second kappa shape index (κ2) is 7.45. The molecule has 94 valence electrons. The summed E-state index contributed by atoms with van der Waals surface area (Å²) in [7, 11) is 0. The Kier molecular flexibility index (Phi) is 6.22. The van der Waals surface area contributed by atoms with Crippen LogP contribution in [0.3, 0.4) is 0 Å². The number of hydrogen-bond donors (Lipinski definition) is 1. The van der Waals surface area contributed by atoms with Gasteiger partial charge in [-0.1, -0.05) is 40.2 Å². The molecule has 1 aromatic carbocycles. The van der Waals surface area contributed by atoms with Crippen molar-refractivity contribution in [3.05, 3.63) is 35.4 Å². The van der Waals surface area contributed by atoms with E-state index in [-0.39, 0.29) is 17.4 Å². The van der Waals surface area contributed by atoms with Gasteiger partial charge in [0.1, 0.15) is 6.61 Å². The number of esters is 1. The maximum absolute atomic E-state index is 10.7. The first-order chi connectivity index (χ1) is 8.11. The summed E-state index contributed by atoms with van der Waals surface area (Å²) in [5.41, 5.74) is 2.16. The van der Waals surface area contributed by atoms with Gasteiger partial charge in [-0.3, -0.25) is 4.79 Å². The number of alkyl halides is 1. The summed E-state index contributed by atoms with van der Waals surface area (Å²) in [5, 5.41) is 8.83. The SMILES string of the molecule is CC(=O)OCc1cccc(CC(Br)CCO)c1. The van der Waals surface area contributed by atoms with Gasteiger partial charge in [-0.05, 0) is 24.0 Å². The predicted octanol–water partition coefficient (Wildman–Crippen LogP) is 2.44. The zero-order valence-corrected chi connectivity index (χ0v) is 11.4. The highest BCUT2D eigenvalue weighted by molar-refractivity contribution is 9.09. The molecule has 1 aromatic rings. The van der Waals surface area contributed by atoms with E-state index in [1.807, 2.05) is 24.3 Å². The molecule has 0 aliphatic heterocycles. The van der Waals surface area contributed by atoms with Crippen LogP contribution in [0.2, 0.25) is 0 Å². The van der Waals surface area contributed by atoms with Crippen LogP contribution in [0.25, 0.3) is 0 Å². The number of halogens is 1. The minimum Gasteiger partial charge on any atom is -0.461 e. The fourth-order valence-corrected chi connectivity index (χ4v) is 2.11. The molecule has 1 rings (SSSR count). The average molecular weight is 301 g/mol. The fraction of sp³-hybridized carbons (Fsp3) is 0.462. The normalized spacial score (nSPS) is 12.2. The molecule has 0 fully saturated rings. The van der Waals surface area contributed by atoms with Crippen LogP contribution in [0.5, 0.6) is 0 Å². The van der Waals surface area contributed by atoms with E-state index in [4.69, 9.17) is 9.84 Å². The third-order valence-electron chi connectivity index (χ3n) is 2.33. The number of aliphatic hydroxyl groups is 1. The number of ether oxygens (including phenoxy) is 1. The van der Waals surface area contributed by atoms with E-state index in [0.717, 1.165) is 18.4 Å². The highest BCUT2D eigenvalue weighted by Crippen LogP contribution is 2.15. The number of hydrogen-bond acceptors (Lipinski definition) is 3. The van der Waals surface area contributed by atoms with Crippen LogP contribution in [-0.2, 0) is 22.6 Å². The van der Waals surface area contributed by atoms with Crippen molar-refractivity contribution in [2.24, 2.45) is 0 Å². The number of carbonyl (C=O) groups is 1. The third-order valence-corrected chi connectivity index (χ3v) is 3.11. The van der Waals surface area contributed by atoms with Crippen molar-refractivity contribution in [1.82, 2.24) is 0 Å². The molecule has 1 atom stereocenters. The number of carbonyl (C=O) groups excluding carboxylic acids is 1. The smallest absolute Gasteiger partial charge is 0.302 e. The summed E-state index contributed by atoms with van der Waals surface area (Å²) in [6.07, 6.45) is 1.59. The second-order valence-corrected chi connectivity index (χ2v) is 5.21. The Hall–Kier alpha value is -0.870. The van der Waals surface area contributed by atoms with E-state index < -0.39 is 0 Å². The highest BCUT2D eigenvalue weighted by atomic mass is 79.9. The van der Waals surface area contributed by atoms with Gasteiger partial charge in [-0.2, -0.15) is 0 Å². The maximum atomic E-state index is 10.7. The van der Waals surface area contributed by atoms with E-state index in [2.05, 4.69) is 15.9 Å². The summed E-state index contributed by atoms with van der Waals surface area (Å²) in [6.45, 7) is 1.90. The zero-order chi connectivity index (χ0) is 12.7. The van der Waals surface area contributed by atoms with Gasteiger partial charge in [0.2, 0.25) is 0 Å². The molecule has 0 aliphatic carbocycles. The fourth-order valence-electron chi connectivity index (χ4n) is 1.53. The van der Waals surface area contributed by atoms with Crippen molar-refractivity contribution in [2.75, 3.05) is 6.61 Å². The van der Waals surface area contributed by atoms with Crippen molar-refractivity contribution in [2.45, 2.75) is 31.2 Å². The maximum Gasteiger partial charge on any atom is 0.302 e. The van der Waals surface area contributed by atoms with E-state index in [9.17, 15) is 4.79 Å². The molecule has 0 aliphatic rings. The molecule has 0 amide bonds. The molecule has 0 saturated carbocycles. The molecule has 0 aromatic heterocycles. The lowest BCUT2D eigenvalue weighted by Crippen LogP contribution is -2.06. The summed E-state index contributed by atoms with van der Waals surface area (Å²) in [5.74, 6) is -0.269. The zero-order valence-electron chi connectivity index (χ0n) is 9.86. The van der Waals surface area contributed by atoms with Crippen LogP contribution < -0.4 is 0 Å². The first-order valence-electron chi connectivity index (χ1n) is 5.58. The third kappa shape index (κ3) is 5.84. The van der Waals surface area contributed by atoms with Crippen molar-refractivity contribution < 1.29 is 14.6 Å². The molecule has 0 bridgehead atoms. The Bertz CT molecular complexity index is 365. The van der Waals surface area contributed by atoms with Gasteiger partial charge in [0.05, 0.1) is 0 Å². The molecule has 0 radical (unpaired) electrons. The van der Waals surface area contributed by atoms with Gasteiger partial charge in [-0.25, -0.2) is 0 Å². The minimum atomic E-state index is -0.269. The summed E-state index contributed by atoms with van der Waals surface area (Å²) >= 11 is 3.52. The first kappa shape index (κ1) is 14.2. The lowest BCUT2D eigenvalue weighted by Gasteiger charge is -2.09. The molecule has 1 unspecified atom stereocenters. The highest BCUT2D eigenvalue weighted by Gasteiger charge is 2.05. The first-order valence-corrected chi connectivity index (χ1v) is 6.49. The Labute approximate surface area is 110 Å². The van der Waals surface area contributed by atoms with Gasteiger partial charge >= 0.3 is 5.97 Å². The number of benzene rings is 1. The van der Waals surface area contributed by atoms with Crippen LogP contribution in [0.15, 0.2) is 24.3 Å². The van der Waals surface area contributed by atoms with E-state index in [1.165, 1.54) is 12.5 Å². The van der Waals surface area contributed by atoms with Crippen LogP contribution in [0.4, 0.5) is 0 Å². The van der Waals surface area contributed by atoms with Gasteiger partial charge in [0.15, 0.2) is 0 Å². The molecule has 17 heavy (non-hydrogen) atoms. The van der Waals surface area contributed by atoms with Gasteiger partial charge in [0, 0.05) is 18.4 Å². The van der Waals surface area contributed by atoms with Crippen LogP contribution in [0.1, 0.15) is 24.5 Å². The summed E-state index contributed by atoms with van der Waals surface area (Å²) in [6, 6.07) is 7.94. The molecule has 0 saturated heterocycles. The van der Waals surface area contributed by atoms with Crippen LogP contribution in [-0.4, -0.2) is 22.5 Å². The van der Waals surface area contributed by atoms with Gasteiger partial charge in [-0.15, -0.1) is 0 Å². The molecule has 0 spiro atoms. The van der Waals surface area contributed by atoms with E-state index >= 15 is 0 Å². The van der Waals surface area contributed by atoms with Crippen molar-refractivity contribution >= 4 is 21.9 Å². The summed E-state index contributed by atoms with van der Waals surface area (Å²) in [4.78, 5) is 11.0. The molecule has 3 nitrogen and oxygen atoms in total. The minimum absolute atomic E-state index is 0.184. The van der Waals surface area contributed by atoms with E-state index in [1.54, 1.807) is 0 Å². The van der Waals surface area contributed by atoms with Gasteiger partial charge in [0.25, 0.3) is 0 Å². The van der Waals surface area contributed by atoms with Crippen molar-refractivity contribution in [3.8, 4) is 0 Å². The monoisotopic (exact) mass is 300 g/mol. The molecule has 4 heteroatoms. The number of aliphatic hydroxyl groups excluding tert-OH is 1. The quantitative estimate of drug-likeness (QED) is 0.648. The Morgan fingerprint density at radius 2 is 2.18 bits per heavy atom. The van der Waals surface area contributed by atoms with Gasteiger partial charge < -0.3 is 9.84 Å². The standard InChI is InChI=1S/C13H17BrO3/c1-10(16)17-9-12-4-2-3-11(7-12)8-13(14)5-6-15/h2-4,7,13,15H,5-6,8-9H2,1H3. The average Bonchev–Trinajstić information content (AvgIpc) is 2.27. The second-order valence-electron chi connectivity index (χ2n) is 3.91. The lowest BCUT2D eigenvalue weighted by atomic mass is 10.1. The molecular formula is C13H17BrO3. The Morgan fingerprint density at radius 3 is 2.82 bits per heavy atom. The molecule has 0 heterocycles. The Balaban J connectivity index is 2.56.